The van der Waals surface area contributed by atoms with Crippen LogP contribution in [-0.4, -0.2) is 39.6 Å². The molecule has 0 bridgehead atoms. The Hall–Kier alpha value is -0.980. The highest BCUT2D eigenvalue weighted by molar-refractivity contribution is 8.07. The van der Waals surface area contributed by atoms with E-state index in [1.807, 2.05) is 0 Å². The van der Waals surface area contributed by atoms with E-state index < -0.39 is 5.79 Å². The molecule has 0 aliphatic carbocycles. The minimum Gasteiger partial charge on any atom is -0.492 e. The van der Waals surface area contributed by atoms with Gasteiger partial charge in [0.1, 0.15) is 18.2 Å². The lowest BCUT2D eigenvalue weighted by Crippen LogP contribution is -2.26. The van der Waals surface area contributed by atoms with Crippen molar-refractivity contribution in [2.75, 3.05) is 18.9 Å². The van der Waals surface area contributed by atoms with Gasteiger partial charge in [0.2, 0.25) is 0 Å². The monoisotopic (exact) mass is 270 g/mol. The van der Waals surface area contributed by atoms with Gasteiger partial charge < -0.3 is 20.3 Å². The number of hydrogen-bond donors (Lipinski definition) is 2. The van der Waals surface area contributed by atoms with Crippen LogP contribution in [0.15, 0.2) is 18.3 Å². The van der Waals surface area contributed by atoms with E-state index in [1.165, 1.54) is 0 Å². The second-order valence-corrected chi connectivity index (χ2v) is 6.18. The van der Waals surface area contributed by atoms with E-state index in [0.29, 0.717) is 29.5 Å². The maximum Gasteiger partial charge on any atom is 0.159 e. The number of thioether (sulfide) groups is 1. The summed E-state index contributed by atoms with van der Waals surface area (Å²) in [5.74, 6) is 0.128. The van der Waals surface area contributed by atoms with Crippen molar-refractivity contribution in [2.24, 2.45) is 0 Å². The van der Waals surface area contributed by atoms with E-state index in [1.54, 1.807) is 43.9 Å². The van der Waals surface area contributed by atoms with Gasteiger partial charge >= 0.3 is 0 Å². The first-order valence-corrected chi connectivity index (χ1v) is 6.74. The fraction of sp³-hybridized carbons (Fsp3) is 0.583. The fourth-order valence-corrected chi connectivity index (χ4v) is 2.26. The number of nitrogens with zero attached hydrogens (tertiary/aromatic N) is 1. The molecule has 2 atom stereocenters. The molecule has 3 N–H and O–H groups in total. The van der Waals surface area contributed by atoms with E-state index in [2.05, 4.69) is 4.98 Å². The van der Waals surface area contributed by atoms with Gasteiger partial charge in [-0.25, -0.2) is 4.98 Å². The minimum absolute atomic E-state index is 0.399. The Kier molecular flexibility index (Phi) is 3.99. The van der Waals surface area contributed by atoms with E-state index >= 15 is 0 Å². The van der Waals surface area contributed by atoms with E-state index in [0.717, 1.165) is 5.75 Å². The van der Waals surface area contributed by atoms with Gasteiger partial charge in [0.05, 0.1) is 11.9 Å². The summed E-state index contributed by atoms with van der Waals surface area (Å²) in [4.78, 5) is 3.90. The number of ether oxygens (including phenoxy) is 2. The maximum absolute atomic E-state index is 9.44. The predicted octanol–water partition coefficient (Wildman–Crippen LogP) is 1.27. The largest absolute Gasteiger partial charge is 0.492 e. The molecular formula is C12H18N2O3S. The third kappa shape index (κ3) is 4.36. The molecule has 1 fully saturated rings. The van der Waals surface area contributed by atoms with Gasteiger partial charge in [-0.3, -0.25) is 0 Å². The van der Waals surface area contributed by atoms with Gasteiger partial charge in [0.25, 0.3) is 0 Å². The van der Waals surface area contributed by atoms with Gasteiger partial charge in [-0.15, -0.1) is 11.8 Å². The third-order valence-electron chi connectivity index (χ3n) is 2.46. The van der Waals surface area contributed by atoms with Crippen LogP contribution in [0.3, 0.4) is 0 Å². The molecule has 1 aromatic heterocycles. The Labute approximate surface area is 111 Å². The minimum atomic E-state index is -1.06. The molecule has 1 aliphatic heterocycles. The van der Waals surface area contributed by atoms with Crippen LogP contribution in [0.4, 0.5) is 5.82 Å². The number of hydrogen-bond acceptors (Lipinski definition) is 6. The smallest absolute Gasteiger partial charge is 0.159 e. The first-order chi connectivity index (χ1) is 8.44. The number of anilines is 1. The van der Waals surface area contributed by atoms with Crippen LogP contribution in [0.2, 0.25) is 0 Å². The first kappa shape index (κ1) is 13.5. The molecule has 0 aromatic carbocycles. The van der Waals surface area contributed by atoms with Crippen molar-refractivity contribution in [3.8, 4) is 5.75 Å². The standard InChI is InChI=1S/C12H18N2O3S/c1-12(2,15)17-7-10-9(18-10)6-16-8-3-4-14-11(13)5-8/h3-5,9-10,15H,6-7H2,1-2H3,(H2,13,14). The summed E-state index contributed by atoms with van der Waals surface area (Å²) in [5.41, 5.74) is 5.56. The zero-order valence-corrected chi connectivity index (χ0v) is 11.3. The molecule has 1 aliphatic rings. The SMILES string of the molecule is CC(C)(O)OCC1SC1COc1ccnc(N)c1. The van der Waals surface area contributed by atoms with Gasteiger partial charge in [-0.05, 0) is 19.9 Å². The lowest BCUT2D eigenvalue weighted by atomic mass is 10.3. The number of pyridine rings is 1. The van der Waals surface area contributed by atoms with Gasteiger partial charge in [0.15, 0.2) is 5.79 Å². The summed E-state index contributed by atoms with van der Waals surface area (Å²) < 4.78 is 10.9. The molecule has 6 heteroatoms. The van der Waals surface area contributed by atoms with Crippen molar-refractivity contribution in [1.82, 2.24) is 4.98 Å². The quantitative estimate of drug-likeness (QED) is 0.599. The summed E-state index contributed by atoms with van der Waals surface area (Å²) in [6.45, 7) is 4.42. The summed E-state index contributed by atoms with van der Waals surface area (Å²) >= 11 is 1.79. The van der Waals surface area contributed by atoms with Crippen molar-refractivity contribution < 1.29 is 14.6 Å². The molecule has 0 amide bonds. The molecule has 0 radical (unpaired) electrons. The van der Waals surface area contributed by atoms with E-state index in [-0.39, 0.29) is 0 Å². The summed E-state index contributed by atoms with van der Waals surface area (Å²) in [5, 5.41) is 10.3. The molecule has 100 valence electrons. The maximum atomic E-state index is 9.44. The number of aromatic nitrogens is 1. The predicted molar refractivity (Wildman–Crippen MR) is 71.6 cm³/mol. The Bertz CT molecular complexity index is 409. The Morgan fingerprint density at radius 3 is 2.83 bits per heavy atom. The van der Waals surface area contributed by atoms with Crippen LogP contribution in [0.25, 0.3) is 0 Å². The Morgan fingerprint density at radius 1 is 1.44 bits per heavy atom. The van der Waals surface area contributed by atoms with Crippen LogP contribution in [-0.2, 0) is 4.74 Å². The molecular weight excluding hydrogens is 252 g/mol. The number of nitrogen functional groups attached to an aromatic ring is 1. The van der Waals surface area contributed by atoms with Gasteiger partial charge in [-0.2, -0.15) is 0 Å². The average molecular weight is 270 g/mol. The Morgan fingerprint density at radius 2 is 2.17 bits per heavy atom. The zero-order valence-electron chi connectivity index (χ0n) is 10.5. The second-order valence-electron chi connectivity index (χ2n) is 4.70. The second kappa shape index (κ2) is 5.34. The summed E-state index contributed by atoms with van der Waals surface area (Å²) in [6.07, 6.45) is 1.62. The van der Waals surface area contributed by atoms with E-state index in [9.17, 15) is 5.11 Å². The van der Waals surface area contributed by atoms with Gasteiger partial charge in [0, 0.05) is 17.5 Å². The average Bonchev–Trinajstić information content (AvgIpc) is 3.02. The molecule has 0 spiro atoms. The normalized spacial score (nSPS) is 22.8. The molecule has 18 heavy (non-hydrogen) atoms. The highest BCUT2D eigenvalue weighted by Crippen LogP contribution is 2.42. The van der Waals surface area contributed by atoms with E-state index in [4.69, 9.17) is 15.2 Å². The summed E-state index contributed by atoms with van der Waals surface area (Å²) in [7, 11) is 0. The molecule has 1 aromatic rings. The Balaban J connectivity index is 1.68. The molecule has 2 heterocycles. The van der Waals surface area contributed by atoms with Crippen LogP contribution in [0.1, 0.15) is 13.8 Å². The van der Waals surface area contributed by atoms with Crippen molar-refractivity contribution >= 4 is 17.6 Å². The summed E-state index contributed by atoms with van der Waals surface area (Å²) in [6, 6.07) is 3.49. The molecule has 1 saturated heterocycles. The van der Waals surface area contributed by atoms with Crippen LogP contribution >= 0.6 is 11.8 Å². The highest BCUT2D eigenvalue weighted by Gasteiger charge is 2.40. The topological polar surface area (TPSA) is 77.6 Å². The van der Waals surface area contributed by atoms with Crippen LogP contribution in [0, 0.1) is 0 Å². The fourth-order valence-electron chi connectivity index (χ4n) is 1.45. The van der Waals surface area contributed by atoms with Crippen LogP contribution < -0.4 is 10.5 Å². The zero-order chi connectivity index (χ0) is 13.2. The molecule has 2 unspecified atom stereocenters. The highest BCUT2D eigenvalue weighted by atomic mass is 32.2. The van der Waals surface area contributed by atoms with Gasteiger partial charge in [-0.1, -0.05) is 0 Å². The molecule has 2 rings (SSSR count). The third-order valence-corrected chi connectivity index (χ3v) is 3.77. The first-order valence-electron chi connectivity index (χ1n) is 5.80. The number of aliphatic hydroxyl groups is 1. The number of nitrogens with two attached hydrogens (primary N) is 1. The van der Waals surface area contributed by atoms with Crippen molar-refractivity contribution in [3.05, 3.63) is 18.3 Å². The lowest BCUT2D eigenvalue weighted by Gasteiger charge is -2.17. The molecule has 0 saturated carbocycles. The molecule has 5 nitrogen and oxygen atoms in total. The number of rotatable bonds is 6. The lowest BCUT2D eigenvalue weighted by molar-refractivity contribution is -0.174. The van der Waals surface area contributed by atoms with Crippen LogP contribution in [0.5, 0.6) is 5.75 Å². The van der Waals surface area contributed by atoms with Crippen molar-refractivity contribution in [1.29, 1.82) is 0 Å². The van der Waals surface area contributed by atoms with Crippen molar-refractivity contribution in [2.45, 2.75) is 30.1 Å². The van der Waals surface area contributed by atoms with Crippen molar-refractivity contribution in [3.63, 3.8) is 0 Å².